The molecule has 0 saturated heterocycles. The first kappa shape index (κ1) is 10.9. The molecule has 2 saturated carbocycles. The van der Waals surface area contributed by atoms with E-state index < -0.39 is 17.5 Å². The van der Waals surface area contributed by atoms with Crippen molar-refractivity contribution in [2.24, 2.45) is 11.8 Å². The number of rotatable bonds is 4. The summed E-state index contributed by atoms with van der Waals surface area (Å²) in [4.78, 5) is 0. The smallest absolute Gasteiger partial charge is 0.161 e. The largest absolute Gasteiger partial charge is 0.379 e. The SMILES string of the molecule is Fc1cc(F)c(NC(C2CC2)C2CC2)cc1F. The molecule has 0 atom stereocenters. The fourth-order valence-corrected chi connectivity index (χ4v) is 2.34. The predicted molar refractivity (Wildman–Crippen MR) is 59.2 cm³/mol. The van der Waals surface area contributed by atoms with Crippen LogP contribution in [0.3, 0.4) is 0 Å². The summed E-state index contributed by atoms with van der Waals surface area (Å²) < 4.78 is 39.3. The van der Waals surface area contributed by atoms with E-state index in [1.54, 1.807) is 0 Å². The molecule has 0 heterocycles. The zero-order valence-electron chi connectivity index (χ0n) is 9.35. The van der Waals surface area contributed by atoms with Crippen molar-refractivity contribution in [1.82, 2.24) is 0 Å². The number of halogens is 3. The van der Waals surface area contributed by atoms with E-state index in [0.717, 1.165) is 31.7 Å². The van der Waals surface area contributed by atoms with Crippen LogP contribution in [0.15, 0.2) is 12.1 Å². The molecule has 0 spiro atoms. The van der Waals surface area contributed by atoms with Crippen LogP contribution in [0.25, 0.3) is 0 Å². The highest BCUT2D eigenvalue weighted by molar-refractivity contribution is 5.47. The van der Waals surface area contributed by atoms with Crippen LogP contribution in [0.4, 0.5) is 18.9 Å². The third kappa shape index (κ3) is 2.26. The Bertz CT molecular complexity index is 427. The molecule has 0 aliphatic heterocycles. The normalized spacial score (nSPS) is 19.8. The quantitative estimate of drug-likeness (QED) is 0.792. The second-order valence-electron chi connectivity index (χ2n) is 5.09. The van der Waals surface area contributed by atoms with Crippen LogP contribution in [-0.2, 0) is 0 Å². The zero-order chi connectivity index (χ0) is 12.0. The monoisotopic (exact) mass is 241 g/mol. The molecule has 0 aromatic heterocycles. The van der Waals surface area contributed by atoms with Gasteiger partial charge in [0.05, 0.1) is 5.69 Å². The molecule has 92 valence electrons. The lowest BCUT2D eigenvalue weighted by Gasteiger charge is -2.19. The van der Waals surface area contributed by atoms with Gasteiger partial charge in [-0.3, -0.25) is 0 Å². The van der Waals surface area contributed by atoms with Gasteiger partial charge in [0.25, 0.3) is 0 Å². The Morgan fingerprint density at radius 2 is 1.41 bits per heavy atom. The van der Waals surface area contributed by atoms with E-state index in [9.17, 15) is 13.2 Å². The number of benzene rings is 1. The summed E-state index contributed by atoms with van der Waals surface area (Å²) in [5, 5.41) is 3.06. The van der Waals surface area contributed by atoms with Gasteiger partial charge in [0.1, 0.15) is 5.82 Å². The first-order valence-electron chi connectivity index (χ1n) is 6.06. The molecule has 4 heteroatoms. The third-order valence-corrected chi connectivity index (χ3v) is 3.59. The molecule has 0 radical (unpaired) electrons. The fraction of sp³-hybridized carbons (Fsp3) is 0.538. The van der Waals surface area contributed by atoms with E-state index in [1.807, 2.05) is 0 Å². The van der Waals surface area contributed by atoms with E-state index in [1.165, 1.54) is 0 Å². The van der Waals surface area contributed by atoms with Gasteiger partial charge in [-0.15, -0.1) is 0 Å². The predicted octanol–water partition coefficient (Wildman–Crippen LogP) is 3.70. The first-order valence-corrected chi connectivity index (χ1v) is 6.06. The molecule has 1 nitrogen and oxygen atoms in total. The number of hydrogen-bond acceptors (Lipinski definition) is 1. The van der Waals surface area contributed by atoms with Gasteiger partial charge in [0.15, 0.2) is 11.6 Å². The highest BCUT2D eigenvalue weighted by atomic mass is 19.2. The van der Waals surface area contributed by atoms with Gasteiger partial charge < -0.3 is 5.32 Å². The summed E-state index contributed by atoms with van der Waals surface area (Å²) in [6.07, 6.45) is 4.61. The zero-order valence-corrected chi connectivity index (χ0v) is 9.35. The number of anilines is 1. The fourth-order valence-electron chi connectivity index (χ4n) is 2.34. The van der Waals surface area contributed by atoms with Crippen LogP contribution in [-0.4, -0.2) is 6.04 Å². The lowest BCUT2D eigenvalue weighted by molar-refractivity contribution is 0.493. The first-order chi connectivity index (χ1) is 8.15. The maximum Gasteiger partial charge on any atom is 0.161 e. The van der Waals surface area contributed by atoms with E-state index in [4.69, 9.17) is 0 Å². The molecule has 1 aromatic carbocycles. The topological polar surface area (TPSA) is 12.0 Å². The molecule has 3 rings (SSSR count). The summed E-state index contributed by atoms with van der Waals surface area (Å²) in [5.41, 5.74) is 0.0905. The highest BCUT2D eigenvalue weighted by Crippen LogP contribution is 2.46. The van der Waals surface area contributed by atoms with Crippen molar-refractivity contribution in [2.45, 2.75) is 31.7 Å². The molecule has 1 N–H and O–H groups in total. The molecule has 2 aliphatic rings. The van der Waals surface area contributed by atoms with E-state index in [0.29, 0.717) is 17.9 Å². The summed E-state index contributed by atoms with van der Waals surface area (Å²) in [7, 11) is 0. The van der Waals surface area contributed by atoms with Gasteiger partial charge in [0, 0.05) is 18.2 Å². The minimum absolute atomic E-state index is 0.0905. The second kappa shape index (κ2) is 3.93. The van der Waals surface area contributed by atoms with Gasteiger partial charge >= 0.3 is 0 Å². The van der Waals surface area contributed by atoms with Crippen LogP contribution in [0, 0.1) is 29.3 Å². The van der Waals surface area contributed by atoms with E-state index >= 15 is 0 Å². The molecular formula is C13H14F3N. The van der Waals surface area contributed by atoms with Crippen molar-refractivity contribution in [3.63, 3.8) is 0 Å². The van der Waals surface area contributed by atoms with Gasteiger partial charge in [-0.05, 0) is 37.5 Å². The molecule has 1 aromatic rings. The maximum atomic E-state index is 13.5. The van der Waals surface area contributed by atoms with Crippen LogP contribution < -0.4 is 5.32 Å². The van der Waals surface area contributed by atoms with Crippen molar-refractivity contribution >= 4 is 5.69 Å². The summed E-state index contributed by atoms with van der Waals surface area (Å²) in [6.45, 7) is 0. The Labute approximate surface area is 98.0 Å². The van der Waals surface area contributed by atoms with E-state index in [-0.39, 0.29) is 11.7 Å². The molecule has 2 aliphatic carbocycles. The summed E-state index contributed by atoms with van der Waals surface area (Å²) in [5.74, 6) is -1.69. The maximum absolute atomic E-state index is 13.5. The number of hydrogen-bond donors (Lipinski definition) is 1. The lowest BCUT2D eigenvalue weighted by atomic mass is 10.1. The molecular weight excluding hydrogens is 227 g/mol. The average molecular weight is 241 g/mol. The van der Waals surface area contributed by atoms with Crippen molar-refractivity contribution in [3.05, 3.63) is 29.6 Å². The van der Waals surface area contributed by atoms with Crippen LogP contribution in [0.2, 0.25) is 0 Å². The Kier molecular flexibility index (Phi) is 2.53. The van der Waals surface area contributed by atoms with E-state index in [2.05, 4.69) is 5.32 Å². The molecule has 0 amide bonds. The highest BCUT2D eigenvalue weighted by Gasteiger charge is 2.41. The van der Waals surface area contributed by atoms with Crippen molar-refractivity contribution in [1.29, 1.82) is 0 Å². The molecule has 0 bridgehead atoms. The Balaban J connectivity index is 1.81. The molecule has 2 fully saturated rings. The van der Waals surface area contributed by atoms with Gasteiger partial charge in [-0.2, -0.15) is 0 Å². The summed E-state index contributed by atoms with van der Waals surface area (Å²) >= 11 is 0. The number of nitrogens with one attached hydrogen (secondary N) is 1. The minimum atomic E-state index is -1.14. The van der Waals surface area contributed by atoms with Gasteiger partial charge in [-0.25, -0.2) is 13.2 Å². The minimum Gasteiger partial charge on any atom is -0.379 e. The third-order valence-electron chi connectivity index (χ3n) is 3.59. The van der Waals surface area contributed by atoms with Gasteiger partial charge in [0.2, 0.25) is 0 Å². The Morgan fingerprint density at radius 1 is 0.882 bits per heavy atom. The van der Waals surface area contributed by atoms with Crippen molar-refractivity contribution in [3.8, 4) is 0 Å². The Morgan fingerprint density at radius 3 is 1.94 bits per heavy atom. The van der Waals surface area contributed by atoms with Crippen LogP contribution in [0.1, 0.15) is 25.7 Å². The van der Waals surface area contributed by atoms with Crippen LogP contribution >= 0.6 is 0 Å². The van der Waals surface area contributed by atoms with Gasteiger partial charge in [-0.1, -0.05) is 0 Å². The summed E-state index contributed by atoms with van der Waals surface area (Å²) in [6, 6.07) is 1.76. The standard InChI is InChI=1S/C13H14F3N/c14-9-5-11(16)12(6-10(9)15)17-13(7-1-2-7)8-3-4-8/h5-8,13,17H,1-4H2. The second-order valence-corrected chi connectivity index (χ2v) is 5.09. The van der Waals surface area contributed by atoms with Crippen LogP contribution in [0.5, 0.6) is 0 Å². The molecule has 0 unspecified atom stereocenters. The lowest BCUT2D eigenvalue weighted by Crippen LogP contribution is -2.25. The average Bonchev–Trinajstić information content (AvgIpc) is 3.15. The molecule has 17 heavy (non-hydrogen) atoms. The Hall–Kier alpha value is -1.19. The van der Waals surface area contributed by atoms with Crippen molar-refractivity contribution < 1.29 is 13.2 Å². The van der Waals surface area contributed by atoms with Crippen molar-refractivity contribution in [2.75, 3.05) is 5.32 Å².